The molecule has 1 spiro atoms. The Hall–Kier alpha value is -1.79. The molecule has 2 aliphatic heterocycles. The number of ether oxygens (including phenoxy) is 1. The molecule has 6 heteroatoms. The van der Waals surface area contributed by atoms with Crippen molar-refractivity contribution >= 4 is 38.8 Å². The van der Waals surface area contributed by atoms with E-state index >= 15 is 0 Å². The van der Waals surface area contributed by atoms with E-state index in [4.69, 9.17) is 9.73 Å². The van der Waals surface area contributed by atoms with E-state index in [0.717, 1.165) is 44.7 Å². The molecule has 1 amide bonds. The fourth-order valence-electron chi connectivity index (χ4n) is 6.69. The molecule has 196 valence electrons. The summed E-state index contributed by atoms with van der Waals surface area (Å²) in [5, 5.41) is 0.945. The number of benzene rings is 2. The number of hydrogen-bond acceptors (Lipinski definition) is 4. The molecule has 2 heterocycles. The number of rotatable bonds is 5. The second kappa shape index (κ2) is 11.1. The van der Waals surface area contributed by atoms with Crippen LogP contribution in [0.5, 0.6) is 5.75 Å². The molecule has 0 aromatic heterocycles. The molecule has 4 aliphatic rings. The molecule has 2 aromatic rings. The highest BCUT2D eigenvalue weighted by Crippen LogP contribution is 2.52. The van der Waals surface area contributed by atoms with Crippen molar-refractivity contribution in [3.05, 3.63) is 64.1 Å². The minimum absolute atomic E-state index is 0.146. The van der Waals surface area contributed by atoms with Crippen molar-refractivity contribution in [3.8, 4) is 5.75 Å². The fourth-order valence-corrected chi connectivity index (χ4v) is 8.30. The number of fused-ring (bicyclic) bond motifs is 2. The topological polar surface area (TPSA) is 41.9 Å². The number of amides is 1. The van der Waals surface area contributed by atoms with Gasteiger partial charge in [-0.1, -0.05) is 96.5 Å². The lowest BCUT2D eigenvalue weighted by atomic mass is 9.80. The molecule has 37 heavy (non-hydrogen) atoms. The van der Waals surface area contributed by atoms with Crippen LogP contribution in [0, 0.1) is 11.8 Å². The van der Waals surface area contributed by atoms with Gasteiger partial charge in [-0.05, 0) is 61.3 Å². The largest absolute Gasteiger partial charge is 0.485 e. The lowest BCUT2D eigenvalue weighted by Crippen LogP contribution is -2.45. The first-order valence-corrected chi connectivity index (χ1v) is 16.0. The van der Waals surface area contributed by atoms with Crippen LogP contribution in [0.15, 0.2) is 58.0 Å². The maximum Gasteiger partial charge on any atom is 0.261 e. The van der Waals surface area contributed by atoms with Crippen LogP contribution in [-0.4, -0.2) is 28.3 Å². The van der Waals surface area contributed by atoms with Crippen LogP contribution < -0.4 is 4.74 Å². The predicted octanol–water partition coefficient (Wildman–Crippen LogP) is 8.26. The second-order valence-corrected chi connectivity index (χ2v) is 13.3. The van der Waals surface area contributed by atoms with E-state index in [1.54, 1.807) is 0 Å². The lowest BCUT2D eigenvalue weighted by Gasteiger charge is -2.37. The van der Waals surface area contributed by atoms with Gasteiger partial charge in [0.15, 0.2) is 10.7 Å². The van der Waals surface area contributed by atoms with Crippen LogP contribution in [0.2, 0.25) is 0 Å². The summed E-state index contributed by atoms with van der Waals surface area (Å²) >= 11 is 5.50. The Balaban J connectivity index is 1.37. The summed E-state index contributed by atoms with van der Waals surface area (Å²) in [4.78, 5) is 22.1. The van der Waals surface area contributed by atoms with Gasteiger partial charge in [0.25, 0.3) is 5.91 Å². The zero-order valence-corrected chi connectivity index (χ0v) is 23.9. The van der Waals surface area contributed by atoms with E-state index in [1.807, 2.05) is 42.1 Å². The third kappa shape index (κ3) is 5.25. The van der Waals surface area contributed by atoms with Gasteiger partial charge in [0.05, 0.1) is 0 Å². The molecule has 0 saturated heterocycles. The van der Waals surface area contributed by atoms with E-state index in [1.165, 1.54) is 64.2 Å². The minimum Gasteiger partial charge on any atom is -0.485 e. The smallest absolute Gasteiger partial charge is 0.261 e. The molecule has 2 saturated carbocycles. The number of hydrogen-bond donors (Lipinski definition) is 0. The van der Waals surface area contributed by atoms with Crippen molar-refractivity contribution < 1.29 is 9.53 Å². The van der Waals surface area contributed by atoms with Gasteiger partial charge in [-0.25, -0.2) is 4.99 Å². The second-order valence-electron chi connectivity index (χ2n) is 11.4. The van der Waals surface area contributed by atoms with Crippen LogP contribution in [0.3, 0.4) is 0 Å². The molecule has 4 nitrogen and oxygen atoms in total. The Morgan fingerprint density at radius 1 is 0.946 bits per heavy atom. The highest BCUT2D eigenvalue weighted by atomic mass is 79.9. The van der Waals surface area contributed by atoms with Gasteiger partial charge >= 0.3 is 0 Å². The summed E-state index contributed by atoms with van der Waals surface area (Å²) < 4.78 is 7.47. The molecular weight excluding hydrogens is 544 g/mol. The summed E-state index contributed by atoms with van der Waals surface area (Å²) in [7, 11) is 0. The first kappa shape index (κ1) is 25.5. The van der Waals surface area contributed by atoms with Crippen molar-refractivity contribution in [1.29, 1.82) is 0 Å². The molecule has 2 aromatic carbocycles. The first-order valence-electron chi connectivity index (χ1n) is 14.2. The van der Waals surface area contributed by atoms with Gasteiger partial charge in [-0.2, -0.15) is 0 Å². The van der Waals surface area contributed by atoms with E-state index in [9.17, 15) is 4.79 Å². The van der Waals surface area contributed by atoms with Crippen LogP contribution in [0.4, 0.5) is 0 Å². The quantitative estimate of drug-likeness (QED) is 0.357. The monoisotopic (exact) mass is 580 g/mol. The number of amidine groups is 1. The molecule has 0 bridgehead atoms. The van der Waals surface area contributed by atoms with Crippen LogP contribution >= 0.6 is 27.7 Å². The van der Waals surface area contributed by atoms with Gasteiger partial charge in [0, 0.05) is 28.8 Å². The van der Waals surface area contributed by atoms with Gasteiger partial charge < -0.3 is 4.74 Å². The molecular formula is C31H37BrN2O2S. The number of nitrogens with zero attached hydrogens (tertiary/aromatic N) is 2. The van der Waals surface area contributed by atoms with Gasteiger partial charge in [-0.15, -0.1) is 0 Å². The van der Waals surface area contributed by atoms with Gasteiger partial charge in [0.1, 0.15) is 11.9 Å². The summed E-state index contributed by atoms with van der Waals surface area (Å²) in [5.41, 5.74) is 1.07. The number of halogens is 1. The highest BCUT2D eigenvalue weighted by Gasteiger charge is 2.55. The zero-order valence-electron chi connectivity index (χ0n) is 21.5. The zero-order chi connectivity index (χ0) is 25.2. The number of thioether (sulfide) groups is 1. The molecule has 2 fully saturated rings. The Morgan fingerprint density at radius 3 is 2.38 bits per heavy atom. The maximum absolute atomic E-state index is 14.6. The van der Waals surface area contributed by atoms with Gasteiger partial charge in [-0.3, -0.25) is 9.69 Å². The molecule has 0 radical (unpaired) electrons. The van der Waals surface area contributed by atoms with E-state index < -0.39 is 5.54 Å². The molecule has 6 rings (SSSR count). The third-order valence-electron chi connectivity index (χ3n) is 8.76. The van der Waals surface area contributed by atoms with E-state index in [2.05, 4.69) is 39.0 Å². The van der Waals surface area contributed by atoms with Crippen LogP contribution in [0.1, 0.15) is 87.9 Å². The average Bonchev–Trinajstić information content (AvgIpc) is 3.20. The maximum atomic E-state index is 14.6. The molecule has 0 N–H and O–H groups in total. The van der Waals surface area contributed by atoms with Crippen molar-refractivity contribution in [3.63, 3.8) is 0 Å². The van der Waals surface area contributed by atoms with Crippen LogP contribution in [-0.2, 0) is 10.3 Å². The number of carbonyl (C=O) groups is 1. The summed E-state index contributed by atoms with van der Waals surface area (Å²) in [5.74, 6) is 3.29. The number of aliphatic imine (C=N–C) groups is 1. The fraction of sp³-hybridized carbons (Fsp3) is 0.548. The molecule has 2 aliphatic carbocycles. The molecule has 2 unspecified atom stereocenters. The SMILES string of the molecule is O=C1N(CC2CCCCC2)C(SCC2CCCCC2)=NC12CC(c1ccccc1)Oc1ccc(Br)cc12. The summed E-state index contributed by atoms with van der Waals surface area (Å²) in [6, 6.07) is 16.4. The van der Waals surface area contributed by atoms with E-state index in [-0.39, 0.29) is 12.0 Å². The minimum atomic E-state index is -0.929. The lowest BCUT2D eigenvalue weighted by molar-refractivity contribution is -0.133. The summed E-state index contributed by atoms with van der Waals surface area (Å²) in [6.07, 6.45) is 13.3. The van der Waals surface area contributed by atoms with Crippen molar-refractivity contribution in [2.45, 2.75) is 82.3 Å². The Morgan fingerprint density at radius 2 is 1.65 bits per heavy atom. The summed E-state index contributed by atoms with van der Waals surface area (Å²) in [6.45, 7) is 0.803. The van der Waals surface area contributed by atoms with Crippen molar-refractivity contribution in [2.24, 2.45) is 16.8 Å². The van der Waals surface area contributed by atoms with Crippen molar-refractivity contribution in [2.75, 3.05) is 12.3 Å². The first-order chi connectivity index (χ1) is 18.1. The number of carbonyl (C=O) groups excluding carboxylic acids is 1. The van der Waals surface area contributed by atoms with Gasteiger partial charge in [0.2, 0.25) is 0 Å². The van der Waals surface area contributed by atoms with Crippen molar-refractivity contribution in [1.82, 2.24) is 4.90 Å². The normalized spacial score (nSPS) is 26.7. The van der Waals surface area contributed by atoms with Crippen LogP contribution in [0.25, 0.3) is 0 Å². The predicted molar refractivity (Wildman–Crippen MR) is 155 cm³/mol. The average molecular weight is 582 g/mol. The Labute approximate surface area is 233 Å². The Bertz CT molecular complexity index is 1140. The molecule has 2 atom stereocenters. The van der Waals surface area contributed by atoms with E-state index in [0.29, 0.717) is 12.3 Å². The Kier molecular flexibility index (Phi) is 7.67. The third-order valence-corrected chi connectivity index (χ3v) is 10.5. The standard InChI is InChI=1S/C31H37BrN2O2S/c32-25-16-17-27-26(18-25)31(19-28(36-27)24-14-8-3-9-15-24)29(35)34(20-22-10-4-1-5-11-22)30(33-31)37-21-23-12-6-2-7-13-23/h3,8-9,14-18,22-23,28H,1-2,4-7,10-13,19-21H2. The highest BCUT2D eigenvalue weighted by molar-refractivity contribution is 9.10.